The van der Waals surface area contributed by atoms with E-state index in [1.54, 1.807) is 7.05 Å². The molecule has 0 spiro atoms. The highest BCUT2D eigenvalue weighted by Crippen LogP contribution is 2.28. The molecule has 1 aliphatic carbocycles. The van der Waals surface area contributed by atoms with Crippen molar-refractivity contribution in [2.45, 2.75) is 38.1 Å². The minimum Gasteiger partial charge on any atom is -0.395 e. The lowest BCUT2D eigenvalue weighted by atomic mass is 10.1. The van der Waals surface area contributed by atoms with Crippen LogP contribution in [0.1, 0.15) is 32.1 Å². The first kappa shape index (κ1) is 16.2. The van der Waals surface area contributed by atoms with Crippen LogP contribution in [0.4, 0.5) is 0 Å². The van der Waals surface area contributed by atoms with Crippen molar-refractivity contribution in [1.82, 2.24) is 8.61 Å². The molecule has 0 aromatic carbocycles. The van der Waals surface area contributed by atoms with E-state index < -0.39 is 10.2 Å². The van der Waals surface area contributed by atoms with Crippen LogP contribution >= 0.6 is 0 Å². The molecule has 1 unspecified atom stereocenters. The number of hydrogen-bond acceptors (Lipinski definition) is 4. The van der Waals surface area contributed by atoms with Crippen molar-refractivity contribution >= 4 is 10.2 Å². The van der Waals surface area contributed by atoms with E-state index in [-0.39, 0.29) is 12.6 Å². The summed E-state index contributed by atoms with van der Waals surface area (Å²) in [6.45, 7) is 1.94. The zero-order valence-electron chi connectivity index (χ0n) is 12.2. The van der Waals surface area contributed by atoms with Crippen LogP contribution in [0.25, 0.3) is 0 Å². The number of hydrogen-bond donors (Lipinski definition) is 1. The van der Waals surface area contributed by atoms with Gasteiger partial charge in [-0.1, -0.05) is 6.42 Å². The molecule has 1 aliphatic heterocycles. The Morgan fingerprint density at radius 1 is 1.30 bits per heavy atom. The summed E-state index contributed by atoms with van der Waals surface area (Å²) in [5.41, 5.74) is 0. The number of ether oxygens (including phenoxy) is 1. The van der Waals surface area contributed by atoms with Crippen molar-refractivity contribution in [1.29, 1.82) is 0 Å². The van der Waals surface area contributed by atoms with Crippen LogP contribution < -0.4 is 0 Å². The summed E-state index contributed by atoms with van der Waals surface area (Å²) in [7, 11) is -1.90. The maximum atomic E-state index is 12.5. The maximum Gasteiger partial charge on any atom is 0.282 e. The number of likely N-dealkylation sites (N-methyl/N-ethyl adjacent to an activating group) is 1. The third-order valence-corrected chi connectivity index (χ3v) is 6.12. The Hall–Kier alpha value is -0.210. The van der Waals surface area contributed by atoms with Gasteiger partial charge in [0, 0.05) is 32.8 Å². The largest absolute Gasteiger partial charge is 0.395 e. The molecular formula is C13H26N2O4S. The predicted octanol–water partition coefficient (Wildman–Crippen LogP) is 0.436. The number of aliphatic hydroxyl groups excluding tert-OH is 1. The first-order chi connectivity index (χ1) is 9.55. The second-order valence-electron chi connectivity index (χ2n) is 5.79. The number of nitrogens with zero attached hydrogens (tertiary/aromatic N) is 2. The molecule has 2 rings (SSSR count). The van der Waals surface area contributed by atoms with Crippen molar-refractivity contribution in [2.24, 2.45) is 5.92 Å². The molecule has 0 bridgehead atoms. The zero-order valence-corrected chi connectivity index (χ0v) is 13.0. The molecule has 6 nitrogen and oxygen atoms in total. The first-order valence-corrected chi connectivity index (χ1v) is 8.87. The third kappa shape index (κ3) is 4.14. The van der Waals surface area contributed by atoms with Crippen LogP contribution in [0.2, 0.25) is 0 Å². The van der Waals surface area contributed by atoms with Crippen LogP contribution in [-0.4, -0.2) is 68.1 Å². The lowest BCUT2D eigenvalue weighted by Gasteiger charge is -2.36. The van der Waals surface area contributed by atoms with Crippen LogP contribution in [-0.2, 0) is 14.9 Å². The summed E-state index contributed by atoms with van der Waals surface area (Å²) in [5, 5.41) is 9.34. The topological polar surface area (TPSA) is 70.1 Å². The summed E-state index contributed by atoms with van der Waals surface area (Å²) >= 11 is 0. The summed E-state index contributed by atoms with van der Waals surface area (Å²) in [6.07, 6.45) is 5.05. The Kier molecular flexibility index (Phi) is 5.80. The van der Waals surface area contributed by atoms with Crippen LogP contribution in [0.5, 0.6) is 0 Å². The zero-order chi connectivity index (χ0) is 14.6. The van der Waals surface area contributed by atoms with Crippen molar-refractivity contribution < 1.29 is 18.3 Å². The van der Waals surface area contributed by atoms with Gasteiger partial charge in [-0.3, -0.25) is 0 Å². The molecule has 2 aliphatic rings. The van der Waals surface area contributed by atoms with E-state index in [9.17, 15) is 13.5 Å². The van der Waals surface area contributed by atoms with Gasteiger partial charge >= 0.3 is 0 Å². The maximum absolute atomic E-state index is 12.5. The molecule has 1 atom stereocenters. The van der Waals surface area contributed by atoms with Crippen LogP contribution in [0.15, 0.2) is 0 Å². The monoisotopic (exact) mass is 306 g/mol. The molecule has 1 saturated carbocycles. The normalized spacial score (nSPS) is 25.2. The van der Waals surface area contributed by atoms with Gasteiger partial charge in [0.2, 0.25) is 0 Å². The molecule has 1 N–H and O–H groups in total. The van der Waals surface area contributed by atoms with Gasteiger partial charge < -0.3 is 9.84 Å². The molecule has 0 aromatic rings. The standard InChI is InChI=1S/C13H26N2O4S/c1-14(8-9-19-11-12-5-6-12)20(17,18)15-7-3-2-4-13(15)10-16/h12-13,16H,2-11H2,1H3. The van der Waals surface area contributed by atoms with Gasteiger partial charge in [0.05, 0.1) is 13.2 Å². The SMILES string of the molecule is CN(CCOCC1CC1)S(=O)(=O)N1CCCCC1CO. The van der Waals surface area contributed by atoms with E-state index in [2.05, 4.69) is 0 Å². The van der Waals surface area contributed by atoms with E-state index in [4.69, 9.17) is 4.74 Å². The van der Waals surface area contributed by atoms with Gasteiger partial charge in [-0.15, -0.1) is 0 Å². The van der Waals surface area contributed by atoms with Crippen LogP contribution in [0.3, 0.4) is 0 Å². The molecule has 7 heteroatoms. The Bertz CT molecular complexity index is 397. The molecule has 20 heavy (non-hydrogen) atoms. The summed E-state index contributed by atoms with van der Waals surface area (Å²) in [5.74, 6) is 0.692. The minimum atomic E-state index is -3.48. The van der Waals surface area contributed by atoms with Gasteiger partial charge in [0.1, 0.15) is 0 Å². The van der Waals surface area contributed by atoms with E-state index in [1.165, 1.54) is 21.5 Å². The highest BCUT2D eigenvalue weighted by atomic mass is 32.2. The van der Waals surface area contributed by atoms with Crippen molar-refractivity contribution in [3.63, 3.8) is 0 Å². The van der Waals surface area contributed by atoms with Gasteiger partial charge in [0.25, 0.3) is 10.2 Å². The average molecular weight is 306 g/mol. The highest BCUT2D eigenvalue weighted by Gasteiger charge is 2.34. The summed E-state index contributed by atoms with van der Waals surface area (Å²) in [6, 6.07) is -0.274. The Morgan fingerprint density at radius 3 is 2.70 bits per heavy atom. The lowest BCUT2D eigenvalue weighted by molar-refractivity contribution is 0.112. The van der Waals surface area contributed by atoms with Gasteiger partial charge in [0.15, 0.2) is 0 Å². The highest BCUT2D eigenvalue weighted by molar-refractivity contribution is 7.86. The lowest BCUT2D eigenvalue weighted by Crippen LogP contribution is -2.51. The van der Waals surface area contributed by atoms with E-state index in [0.29, 0.717) is 25.6 Å². The van der Waals surface area contributed by atoms with Crippen molar-refractivity contribution in [3.05, 3.63) is 0 Å². The minimum absolute atomic E-state index is 0.106. The first-order valence-electron chi connectivity index (χ1n) is 7.47. The fraction of sp³-hybridized carbons (Fsp3) is 1.00. The van der Waals surface area contributed by atoms with E-state index in [0.717, 1.165) is 25.9 Å². The van der Waals surface area contributed by atoms with Crippen molar-refractivity contribution in [2.75, 3.05) is 40.0 Å². The Labute approximate surface area is 121 Å². The predicted molar refractivity (Wildman–Crippen MR) is 76.5 cm³/mol. The summed E-state index contributed by atoms with van der Waals surface area (Å²) in [4.78, 5) is 0. The molecule has 0 radical (unpaired) electrons. The van der Waals surface area contributed by atoms with E-state index >= 15 is 0 Å². The molecule has 0 amide bonds. The van der Waals surface area contributed by atoms with Crippen molar-refractivity contribution in [3.8, 4) is 0 Å². The quantitative estimate of drug-likeness (QED) is 0.661. The third-order valence-electron chi connectivity index (χ3n) is 4.08. The van der Waals surface area contributed by atoms with Gasteiger partial charge in [-0.2, -0.15) is 17.0 Å². The average Bonchev–Trinajstić information content (AvgIpc) is 3.27. The fourth-order valence-corrected chi connectivity index (χ4v) is 4.05. The second kappa shape index (κ2) is 7.17. The van der Waals surface area contributed by atoms with Gasteiger partial charge in [-0.25, -0.2) is 0 Å². The van der Waals surface area contributed by atoms with Gasteiger partial charge in [-0.05, 0) is 31.6 Å². The molecule has 2 fully saturated rings. The summed E-state index contributed by atoms with van der Waals surface area (Å²) < 4.78 is 33.2. The molecule has 1 heterocycles. The number of piperidine rings is 1. The second-order valence-corrected chi connectivity index (χ2v) is 7.78. The fourth-order valence-electron chi connectivity index (χ4n) is 2.48. The molecule has 118 valence electrons. The number of rotatable bonds is 8. The number of aliphatic hydroxyl groups is 1. The molecule has 0 aromatic heterocycles. The van der Waals surface area contributed by atoms with Crippen LogP contribution in [0, 0.1) is 5.92 Å². The molecule has 1 saturated heterocycles. The molecular weight excluding hydrogens is 280 g/mol. The Morgan fingerprint density at radius 2 is 2.05 bits per heavy atom. The Balaban J connectivity index is 1.82. The smallest absolute Gasteiger partial charge is 0.282 e. The van der Waals surface area contributed by atoms with E-state index in [1.807, 2.05) is 0 Å².